The fraction of sp³-hybridized carbons (Fsp3) is 0.194. The predicted octanol–water partition coefficient (Wildman–Crippen LogP) is 5.60. The molecule has 1 aliphatic heterocycles. The Kier molecular flexibility index (Phi) is 6.67. The molecule has 190 valence electrons. The maximum Gasteiger partial charge on any atom is 0.270 e. The van der Waals surface area contributed by atoms with Crippen molar-refractivity contribution in [2.45, 2.75) is 25.4 Å². The van der Waals surface area contributed by atoms with E-state index < -0.39 is 0 Å². The standard InChI is InChI=1S/C31H28FN5O/c32-26-14-8-7-13-25(26)28-19-29(37-30(34-28)20-27(35-37)23-11-5-2-6-12-23)31(38)33-24-15-17-36(18-16-24)21-22-9-3-1-4-10-22/h1-14,19-20,24H,15-18,21H2,(H,33,38). The third-order valence-electron chi connectivity index (χ3n) is 7.05. The molecular weight excluding hydrogens is 477 g/mol. The molecule has 1 amide bonds. The van der Waals surface area contributed by atoms with Gasteiger partial charge in [0.15, 0.2) is 5.65 Å². The van der Waals surface area contributed by atoms with Crippen LogP contribution in [0.2, 0.25) is 0 Å². The number of nitrogens with zero attached hydrogens (tertiary/aromatic N) is 4. The normalized spacial score (nSPS) is 14.6. The summed E-state index contributed by atoms with van der Waals surface area (Å²) in [6.45, 7) is 2.73. The van der Waals surface area contributed by atoms with Crippen LogP contribution in [0.1, 0.15) is 28.9 Å². The molecule has 1 saturated heterocycles. The Labute approximate surface area is 220 Å². The molecule has 1 fully saturated rings. The number of hydrogen-bond donors (Lipinski definition) is 1. The molecule has 0 bridgehead atoms. The van der Waals surface area contributed by atoms with Gasteiger partial charge < -0.3 is 5.32 Å². The van der Waals surface area contributed by atoms with Gasteiger partial charge in [0, 0.05) is 42.9 Å². The van der Waals surface area contributed by atoms with E-state index in [1.165, 1.54) is 11.6 Å². The third-order valence-corrected chi connectivity index (χ3v) is 7.05. The molecule has 0 spiro atoms. The van der Waals surface area contributed by atoms with Crippen molar-refractivity contribution in [2.24, 2.45) is 0 Å². The van der Waals surface area contributed by atoms with E-state index in [2.05, 4.69) is 39.5 Å². The van der Waals surface area contributed by atoms with Gasteiger partial charge in [-0.05, 0) is 36.6 Å². The molecule has 6 nitrogen and oxygen atoms in total. The highest BCUT2D eigenvalue weighted by molar-refractivity contribution is 5.94. The zero-order valence-electron chi connectivity index (χ0n) is 20.9. The highest BCUT2D eigenvalue weighted by Crippen LogP contribution is 2.26. The number of carbonyl (C=O) groups is 1. The quantitative estimate of drug-likeness (QED) is 0.327. The van der Waals surface area contributed by atoms with Crippen molar-refractivity contribution in [3.8, 4) is 22.5 Å². The molecule has 3 heterocycles. The van der Waals surface area contributed by atoms with Crippen molar-refractivity contribution >= 4 is 11.6 Å². The Morgan fingerprint density at radius 1 is 0.868 bits per heavy atom. The molecule has 0 unspecified atom stereocenters. The van der Waals surface area contributed by atoms with Gasteiger partial charge in [-0.3, -0.25) is 9.69 Å². The maximum absolute atomic E-state index is 14.7. The van der Waals surface area contributed by atoms with Gasteiger partial charge in [-0.1, -0.05) is 72.8 Å². The molecule has 3 aromatic carbocycles. The number of nitrogens with one attached hydrogen (secondary N) is 1. The second kappa shape index (κ2) is 10.6. The molecule has 0 saturated carbocycles. The first kappa shape index (κ1) is 24.0. The minimum absolute atomic E-state index is 0.0545. The molecule has 0 atom stereocenters. The van der Waals surface area contributed by atoms with Gasteiger partial charge in [-0.25, -0.2) is 13.9 Å². The summed E-state index contributed by atoms with van der Waals surface area (Å²) in [6.07, 6.45) is 1.72. The average Bonchev–Trinajstić information content (AvgIpc) is 3.39. The van der Waals surface area contributed by atoms with E-state index in [9.17, 15) is 9.18 Å². The number of hydrogen-bond acceptors (Lipinski definition) is 4. The molecule has 5 aromatic rings. The van der Waals surface area contributed by atoms with Crippen molar-refractivity contribution in [3.05, 3.63) is 114 Å². The monoisotopic (exact) mass is 505 g/mol. The number of rotatable bonds is 6. The van der Waals surface area contributed by atoms with Crippen molar-refractivity contribution in [3.63, 3.8) is 0 Å². The number of fused-ring (bicyclic) bond motifs is 1. The van der Waals surface area contributed by atoms with Crippen LogP contribution in [0.4, 0.5) is 4.39 Å². The Morgan fingerprint density at radius 3 is 2.29 bits per heavy atom. The van der Waals surface area contributed by atoms with Gasteiger partial charge >= 0.3 is 0 Å². The summed E-state index contributed by atoms with van der Waals surface area (Å²) in [4.78, 5) is 20.7. The summed E-state index contributed by atoms with van der Waals surface area (Å²) in [5, 5.41) is 7.91. The van der Waals surface area contributed by atoms with E-state index in [1.807, 2.05) is 42.5 Å². The van der Waals surface area contributed by atoms with Gasteiger partial charge in [-0.2, -0.15) is 5.10 Å². The van der Waals surface area contributed by atoms with Crippen LogP contribution in [0.5, 0.6) is 0 Å². The predicted molar refractivity (Wildman–Crippen MR) is 146 cm³/mol. The molecule has 7 heteroatoms. The van der Waals surface area contributed by atoms with Crippen LogP contribution in [0.15, 0.2) is 97.1 Å². The third kappa shape index (κ3) is 5.06. The minimum atomic E-state index is -0.385. The molecule has 6 rings (SSSR count). The van der Waals surface area contributed by atoms with Crippen molar-refractivity contribution in [1.29, 1.82) is 0 Å². The number of piperidine rings is 1. The van der Waals surface area contributed by atoms with Crippen LogP contribution in [0, 0.1) is 5.82 Å². The zero-order valence-corrected chi connectivity index (χ0v) is 20.9. The lowest BCUT2D eigenvalue weighted by atomic mass is 10.0. The Morgan fingerprint density at radius 2 is 1.55 bits per heavy atom. The van der Waals surface area contributed by atoms with Crippen molar-refractivity contribution in [2.75, 3.05) is 13.1 Å². The number of aromatic nitrogens is 3. The highest BCUT2D eigenvalue weighted by atomic mass is 19.1. The molecule has 0 aliphatic carbocycles. The molecule has 1 N–H and O–H groups in total. The number of amides is 1. The summed E-state index contributed by atoms with van der Waals surface area (Å²) in [5.41, 5.74) is 4.49. The van der Waals surface area contributed by atoms with E-state index in [1.54, 1.807) is 28.8 Å². The number of likely N-dealkylation sites (tertiary alicyclic amines) is 1. The molecule has 38 heavy (non-hydrogen) atoms. The Balaban J connectivity index is 1.27. The van der Waals surface area contributed by atoms with Crippen LogP contribution in [-0.4, -0.2) is 44.5 Å². The first-order chi connectivity index (χ1) is 18.6. The number of halogens is 1. The van der Waals surface area contributed by atoms with E-state index in [4.69, 9.17) is 5.10 Å². The fourth-order valence-electron chi connectivity index (χ4n) is 5.03. The van der Waals surface area contributed by atoms with Crippen molar-refractivity contribution in [1.82, 2.24) is 24.8 Å². The fourth-order valence-corrected chi connectivity index (χ4v) is 5.03. The SMILES string of the molecule is O=C(NC1CCN(Cc2ccccc2)CC1)c1cc(-c2ccccc2F)nc2cc(-c3ccccc3)nn12. The Hall–Kier alpha value is -4.36. The van der Waals surface area contributed by atoms with Gasteiger partial charge in [0.2, 0.25) is 0 Å². The zero-order chi connectivity index (χ0) is 25.9. The number of benzene rings is 3. The second-order valence-electron chi connectivity index (χ2n) is 9.68. The molecule has 1 aliphatic rings. The summed E-state index contributed by atoms with van der Waals surface area (Å²) in [6, 6.07) is 30.2. The lowest BCUT2D eigenvalue weighted by Gasteiger charge is -2.32. The van der Waals surface area contributed by atoms with Crippen LogP contribution in [-0.2, 0) is 6.54 Å². The summed E-state index contributed by atoms with van der Waals surface area (Å²) >= 11 is 0. The second-order valence-corrected chi connectivity index (χ2v) is 9.68. The van der Waals surface area contributed by atoms with Gasteiger partial charge in [0.1, 0.15) is 11.5 Å². The number of carbonyl (C=O) groups excluding carboxylic acids is 1. The molecule has 0 radical (unpaired) electrons. The van der Waals surface area contributed by atoms with Crippen LogP contribution < -0.4 is 5.32 Å². The van der Waals surface area contributed by atoms with E-state index in [-0.39, 0.29) is 17.8 Å². The topological polar surface area (TPSA) is 62.5 Å². The lowest BCUT2D eigenvalue weighted by Crippen LogP contribution is -2.44. The Bertz CT molecular complexity index is 1560. The first-order valence-corrected chi connectivity index (χ1v) is 12.9. The average molecular weight is 506 g/mol. The van der Waals surface area contributed by atoms with Crippen molar-refractivity contribution < 1.29 is 9.18 Å². The lowest BCUT2D eigenvalue weighted by molar-refractivity contribution is 0.0901. The summed E-state index contributed by atoms with van der Waals surface area (Å²) in [5.74, 6) is -0.622. The first-order valence-electron chi connectivity index (χ1n) is 12.9. The van der Waals surface area contributed by atoms with Gasteiger partial charge in [0.05, 0.1) is 11.4 Å². The largest absolute Gasteiger partial charge is 0.348 e. The molecular formula is C31H28FN5O. The van der Waals surface area contributed by atoms with Gasteiger partial charge in [0.25, 0.3) is 5.91 Å². The van der Waals surface area contributed by atoms with Gasteiger partial charge in [-0.15, -0.1) is 0 Å². The van der Waals surface area contributed by atoms with E-state index >= 15 is 0 Å². The van der Waals surface area contributed by atoms with E-state index in [0.29, 0.717) is 28.3 Å². The smallest absolute Gasteiger partial charge is 0.270 e. The van der Waals surface area contributed by atoms with E-state index in [0.717, 1.165) is 38.0 Å². The van der Waals surface area contributed by atoms with Crippen LogP contribution in [0.3, 0.4) is 0 Å². The summed E-state index contributed by atoms with van der Waals surface area (Å²) < 4.78 is 16.2. The highest BCUT2D eigenvalue weighted by Gasteiger charge is 2.24. The minimum Gasteiger partial charge on any atom is -0.348 e. The molecule has 2 aromatic heterocycles. The van der Waals surface area contributed by atoms with Crippen LogP contribution in [0.25, 0.3) is 28.2 Å². The summed E-state index contributed by atoms with van der Waals surface area (Å²) in [7, 11) is 0. The van der Waals surface area contributed by atoms with Crippen LogP contribution >= 0.6 is 0 Å². The maximum atomic E-state index is 14.7.